The van der Waals surface area contributed by atoms with Crippen molar-refractivity contribution in [3.63, 3.8) is 0 Å². The summed E-state index contributed by atoms with van der Waals surface area (Å²) in [5.41, 5.74) is 12.1. The Morgan fingerprint density at radius 2 is 1.13 bits per heavy atom. The van der Waals surface area contributed by atoms with Crippen LogP contribution in [0.1, 0.15) is 133 Å². The molecule has 55 heavy (non-hydrogen) atoms. The molecule has 0 bridgehead atoms. The molecule has 2 aliphatic heterocycles. The number of ether oxygens (including phenoxy) is 2. The number of carbonyl (C=O) groups is 4. The van der Waals surface area contributed by atoms with E-state index in [0.717, 1.165) is 56.3 Å². The molecule has 2 aromatic rings. The van der Waals surface area contributed by atoms with Crippen molar-refractivity contribution in [2.24, 2.45) is 11.7 Å². The summed E-state index contributed by atoms with van der Waals surface area (Å²) in [4.78, 5) is 58.5. The average molecular weight is 764 g/mol. The number of hydrogen-bond donors (Lipinski definition) is 2. The molecule has 12 heteroatoms. The van der Waals surface area contributed by atoms with E-state index in [1.807, 2.05) is 47.6 Å². The third-order valence-electron chi connectivity index (χ3n) is 9.87. The number of hydrogen-bond acceptors (Lipinski definition) is 9. The van der Waals surface area contributed by atoms with Gasteiger partial charge in [0.05, 0.1) is 0 Å². The SMILES string of the molecule is CC(C)(C)OC(=O)N1CC(CC(=O)CCCc2ccc3c(n2)CCCC3)C1.CC(C)(C)OC(=O)N1CC(N)C1.O=C(O)CCCc1ccc2c(n1)CCCC2. The summed E-state index contributed by atoms with van der Waals surface area (Å²) >= 11 is 0. The Morgan fingerprint density at radius 3 is 1.56 bits per heavy atom. The molecular formula is C43H65N5O7. The van der Waals surface area contributed by atoms with Gasteiger partial charge in [0, 0.05) is 80.2 Å². The molecule has 4 aliphatic rings. The van der Waals surface area contributed by atoms with Gasteiger partial charge in [-0.05, 0) is 142 Å². The normalized spacial score (nSPS) is 16.8. The van der Waals surface area contributed by atoms with Crippen molar-refractivity contribution in [2.45, 2.75) is 155 Å². The Labute approximate surface area is 327 Å². The van der Waals surface area contributed by atoms with Crippen molar-refractivity contribution < 1.29 is 33.8 Å². The summed E-state index contributed by atoms with van der Waals surface area (Å²) in [6.07, 6.45) is 13.6. The van der Waals surface area contributed by atoms with Crippen molar-refractivity contribution >= 4 is 23.9 Å². The highest BCUT2D eigenvalue weighted by atomic mass is 16.6. The van der Waals surface area contributed by atoms with E-state index in [9.17, 15) is 19.2 Å². The van der Waals surface area contributed by atoms with Gasteiger partial charge in [-0.3, -0.25) is 19.6 Å². The topological polar surface area (TPSA) is 165 Å². The lowest BCUT2D eigenvalue weighted by Crippen LogP contribution is -2.58. The number of aryl methyl sites for hydroxylation is 6. The standard InChI is InChI=1S/C22H32N2O3.C13H17NO2.C8H16N2O2/c1-22(2,3)27-21(26)24-14-16(15-24)13-19(25)9-6-8-18-12-11-17-7-4-5-10-20(17)23-18;15-13(16)7-3-5-11-9-8-10-4-1-2-6-12(10)14-11;1-8(2,3)12-7(11)10-4-6(9)5-10/h11-12,16H,4-10,13-15H2,1-3H3;8-9H,1-7H2,(H,15,16);6H,4-5,9H2,1-3H3. The molecule has 3 N–H and O–H groups in total. The van der Waals surface area contributed by atoms with Gasteiger partial charge < -0.3 is 30.1 Å². The summed E-state index contributed by atoms with van der Waals surface area (Å²) in [6, 6.07) is 8.69. The third-order valence-corrected chi connectivity index (χ3v) is 9.87. The van der Waals surface area contributed by atoms with E-state index in [1.165, 1.54) is 48.2 Å². The van der Waals surface area contributed by atoms with Crippen LogP contribution in [0.4, 0.5) is 9.59 Å². The highest BCUT2D eigenvalue weighted by Crippen LogP contribution is 2.24. The predicted molar refractivity (Wildman–Crippen MR) is 212 cm³/mol. The van der Waals surface area contributed by atoms with Crippen molar-refractivity contribution in [1.82, 2.24) is 19.8 Å². The minimum Gasteiger partial charge on any atom is -0.481 e. The van der Waals surface area contributed by atoms with Gasteiger partial charge in [-0.15, -0.1) is 0 Å². The smallest absolute Gasteiger partial charge is 0.410 e. The first-order chi connectivity index (χ1) is 25.9. The second-order valence-corrected chi connectivity index (χ2v) is 17.5. The molecule has 2 fully saturated rings. The number of carbonyl (C=O) groups excluding carboxylic acids is 3. The van der Waals surface area contributed by atoms with Gasteiger partial charge >= 0.3 is 18.2 Å². The number of fused-ring (bicyclic) bond motifs is 2. The average Bonchev–Trinajstić information content (AvgIpc) is 3.07. The largest absolute Gasteiger partial charge is 0.481 e. The van der Waals surface area contributed by atoms with Crippen LogP contribution in [0.15, 0.2) is 24.3 Å². The molecule has 4 heterocycles. The molecule has 2 saturated heterocycles. The zero-order valence-corrected chi connectivity index (χ0v) is 34.2. The monoisotopic (exact) mass is 763 g/mol. The van der Waals surface area contributed by atoms with Crippen LogP contribution in [0.5, 0.6) is 0 Å². The lowest BCUT2D eigenvalue weighted by Gasteiger charge is -2.39. The van der Waals surface area contributed by atoms with Gasteiger partial charge in [0.1, 0.15) is 17.0 Å². The molecule has 0 saturated carbocycles. The van der Waals surface area contributed by atoms with Gasteiger partial charge in [-0.1, -0.05) is 12.1 Å². The van der Waals surface area contributed by atoms with Gasteiger partial charge in [-0.2, -0.15) is 0 Å². The second kappa shape index (κ2) is 20.2. The Bertz CT molecular complexity index is 1600. The van der Waals surface area contributed by atoms with Crippen LogP contribution in [0, 0.1) is 5.92 Å². The number of carboxylic acids is 1. The fourth-order valence-electron chi connectivity index (χ4n) is 7.01. The number of carboxylic acid groups (broad SMARTS) is 1. The molecule has 12 nitrogen and oxygen atoms in total. The van der Waals surface area contributed by atoms with Crippen LogP contribution < -0.4 is 5.73 Å². The third kappa shape index (κ3) is 15.5. The van der Waals surface area contributed by atoms with E-state index in [4.69, 9.17) is 25.3 Å². The van der Waals surface area contributed by atoms with Crippen LogP contribution in [-0.2, 0) is 57.6 Å². The first-order valence-electron chi connectivity index (χ1n) is 20.3. The van der Waals surface area contributed by atoms with Crippen molar-refractivity contribution in [2.75, 3.05) is 26.2 Å². The maximum atomic E-state index is 12.2. The second-order valence-electron chi connectivity index (χ2n) is 17.5. The van der Waals surface area contributed by atoms with E-state index >= 15 is 0 Å². The van der Waals surface area contributed by atoms with Crippen LogP contribution in [0.3, 0.4) is 0 Å². The first-order valence-corrected chi connectivity index (χ1v) is 20.3. The van der Waals surface area contributed by atoms with E-state index in [2.05, 4.69) is 23.2 Å². The fraction of sp³-hybridized carbons (Fsp3) is 0.674. The lowest BCUT2D eigenvalue weighted by molar-refractivity contribution is -0.137. The first kappa shape index (κ1) is 43.7. The molecular weight excluding hydrogens is 699 g/mol. The maximum absolute atomic E-state index is 12.2. The number of nitrogens with two attached hydrogens (primary N) is 1. The molecule has 0 radical (unpaired) electrons. The lowest BCUT2D eigenvalue weighted by atomic mass is 9.92. The number of Topliss-reactive ketones (excluding diaryl/α,β-unsaturated/α-hetero) is 1. The van der Waals surface area contributed by atoms with Crippen molar-refractivity contribution in [3.05, 3.63) is 58.2 Å². The molecule has 0 atom stereocenters. The molecule has 2 amide bonds. The number of pyridine rings is 2. The molecule has 2 aromatic heterocycles. The Balaban J connectivity index is 0.000000203. The molecule has 2 aliphatic carbocycles. The van der Waals surface area contributed by atoms with Gasteiger partial charge in [0.15, 0.2) is 0 Å². The van der Waals surface area contributed by atoms with E-state index in [0.29, 0.717) is 51.2 Å². The van der Waals surface area contributed by atoms with Gasteiger partial charge in [0.25, 0.3) is 0 Å². The number of aromatic nitrogens is 2. The summed E-state index contributed by atoms with van der Waals surface area (Å²) in [6.45, 7) is 13.7. The molecule has 0 unspecified atom stereocenters. The predicted octanol–water partition coefficient (Wildman–Crippen LogP) is 7.04. The highest BCUT2D eigenvalue weighted by Gasteiger charge is 2.34. The van der Waals surface area contributed by atoms with Crippen LogP contribution in [0.25, 0.3) is 0 Å². The zero-order valence-electron chi connectivity index (χ0n) is 34.2. The van der Waals surface area contributed by atoms with Crippen molar-refractivity contribution in [3.8, 4) is 0 Å². The van der Waals surface area contributed by atoms with Crippen LogP contribution in [-0.4, -0.2) is 92.2 Å². The number of rotatable bonds is 10. The summed E-state index contributed by atoms with van der Waals surface area (Å²) in [5.74, 6) is -0.147. The van der Waals surface area contributed by atoms with Crippen LogP contribution in [0.2, 0.25) is 0 Å². The number of amides is 2. The number of nitrogens with zero attached hydrogens (tertiary/aromatic N) is 4. The Kier molecular flexibility index (Phi) is 16.0. The Hall–Kier alpha value is -4.06. The number of ketones is 1. The number of likely N-dealkylation sites (tertiary alicyclic amines) is 2. The highest BCUT2D eigenvalue weighted by molar-refractivity contribution is 5.79. The van der Waals surface area contributed by atoms with Gasteiger partial charge in [0.2, 0.25) is 0 Å². The minimum atomic E-state index is -0.724. The maximum Gasteiger partial charge on any atom is 0.410 e. The quantitative estimate of drug-likeness (QED) is 0.256. The molecule has 6 rings (SSSR count). The Morgan fingerprint density at radius 1 is 0.691 bits per heavy atom. The van der Waals surface area contributed by atoms with E-state index in [1.54, 1.807) is 9.80 Å². The summed E-state index contributed by atoms with van der Waals surface area (Å²) < 4.78 is 10.5. The number of aliphatic carboxylic acids is 1. The fourth-order valence-corrected chi connectivity index (χ4v) is 7.01. The molecule has 304 valence electrons. The van der Waals surface area contributed by atoms with Crippen molar-refractivity contribution in [1.29, 1.82) is 0 Å². The summed E-state index contributed by atoms with van der Waals surface area (Å²) in [7, 11) is 0. The molecule has 0 spiro atoms. The summed E-state index contributed by atoms with van der Waals surface area (Å²) in [5, 5.41) is 8.56. The minimum absolute atomic E-state index is 0.137. The molecule has 0 aromatic carbocycles. The zero-order chi connectivity index (χ0) is 40.2. The van der Waals surface area contributed by atoms with E-state index in [-0.39, 0.29) is 30.6 Å². The van der Waals surface area contributed by atoms with Gasteiger partial charge in [-0.25, -0.2) is 9.59 Å². The van der Waals surface area contributed by atoms with E-state index < -0.39 is 17.2 Å². The van der Waals surface area contributed by atoms with Crippen LogP contribution >= 0.6 is 0 Å².